The number of amides is 1. The quantitative estimate of drug-likeness (QED) is 0.905. The van der Waals surface area contributed by atoms with Crippen molar-refractivity contribution < 1.29 is 9.53 Å². The molecule has 1 amide bonds. The van der Waals surface area contributed by atoms with E-state index in [-0.39, 0.29) is 30.3 Å². The van der Waals surface area contributed by atoms with Gasteiger partial charge in [-0.05, 0) is 36.3 Å². The molecule has 1 fully saturated rings. The van der Waals surface area contributed by atoms with Crippen molar-refractivity contribution in [2.45, 2.75) is 31.8 Å². The minimum atomic E-state index is -0.371. The van der Waals surface area contributed by atoms with Crippen LogP contribution in [0.3, 0.4) is 0 Å². The molecule has 2 heterocycles. The van der Waals surface area contributed by atoms with Gasteiger partial charge in [0.15, 0.2) is 0 Å². The zero-order chi connectivity index (χ0) is 13.9. The van der Waals surface area contributed by atoms with Gasteiger partial charge in [0.25, 0.3) is 0 Å². The lowest BCUT2D eigenvalue weighted by atomic mass is 9.90. The van der Waals surface area contributed by atoms with E-state index in [1.165, 1.54) is 11.1 Å². The van der Waals surface area contributed by atoms with Crippen molar-refractivity contribution >= 4 is 18.3 Å². The summed E-state index contributed by atoms with van der Waals surface area (Å²) in [5, 5.41) is 0. The maximum absolute atomic E-state index is 12.6. The number of carbonyl (C=O) groups is 1. The molecule has 116 valence electrons. The molecule has 1 atom stereocenters. The smallest absolute Gasteiger partial charge is 0.240 e. The monoisotopic (exact) mass is 310 g/mol. The zero-order valence-corrected chi connectivity index (χ0v) is 13.0. The van der Waals surface area contributed by atoms with Gasteiger partial charge >= 0.3 is 0 Å². The van der Waals surface area contributed by atoms with E-state index in [0.717, 1.165) is 39.0 Å². The third-order valence-electron chi connectivity index (χ3n) is 4.50. The van der Waals surface area contributed by atoms with Gasteiger partial charge in [-0.2, -0.15) is 0 Å². The first kappa shape index (κ1) is 16.3. The Morgan fingerprint density at radius 2 is 1.90 bits per heavy atom. The Morgan fingerprint density at radius 3 is 2.62 bits per heavy atom. The van der Waals surface area contributed by atoms with Gasteiger partial charge < -0.3 is 15.4 Å². The molecule has 0 saturated carbocycles. The Labute approximate surface area is 132 Å². The van der Waals surface area contributed by atoms with E-state index in [1.807, 2.05) is 11.0 Å². The highest BCUT2D eigenvalue weighted by Gasteiger charge is 2.31. The lowest BCUT2D eigenvalue weighted by Gasteiger charge is -2.34. The Balaban J connectivity index is 0.00000161. The van der Waals surface area contributed by atoms with Crippen molar-refractivity contribution in [3.8, 4) is 0 Å². The second-order valence-electron chi connectivity index (χ2n) is 5.75. The highest BCUT2D eigenvalue weighted by molar-refractivity contribution is 5.85. The van der Waals surface area contributed by atoms with E-state index in [9.17, 15) is 4.79 Å². The highest BCUT2D eigenvalue weighted by atomic mass is 35.5. The van der Waals surface area contributed by atoms with Crippen LogP contribution in [0.1, 0.15) is 24.0 Å². The van der Waals surface area contributed by atoms with Crippen LogP contribution in [-0.2, 0) is 22.5 Å². The van der Waals surface area contributed by atoms with E-state index >= 15 is 0 Å². The maximum atomic E-state index is 12.6. The van der Waals surface area contributed by atoms with Crippen molar-refractivity contribution in [1.29, 1.82) is 0 Å². The number of rotatable bonds is 2. The maximum Gasteiger partial charge on any atom is 0.240 e. The summed E-state index contributed by atoms with van der Waals surface area (Å²) >= 11 is 0. The fourth-order valence-corrected chi connectivity index (χ4v) is 3.17. The molecule has 2 N–H and O–H groups in total. The largest absolute Gasteiger partial charge is 0.381 e. The molecule has 21 heavy (non-hydrogen) atoms. The standard InChI is InChI=1S/C16H22N2O2.ClH/c17-15(13-6-9-20-10-7-13)16(19)18-8-5-12-3-1-2-4-14(12)11-18;/h1-4,13,15H,5-11,17H2;1H. The van der Waals surface area contributed by atoms with Crippen LogP contribution in [0.4, 0.5) is 0 Å². The molecule has 0 bridgehead atoms. The predicted octanol–water partition coefficient (Wildman–Crippen LogP) is 1.75. The summed E-state index contributed by atoms with van der Waals surface area (Å²) in [4.78, 5) is 14.5. The van der Waals surface area contributed by atoms with Crippen LogP contribution in [0.5, 0.6) is 0 Å². The molecule has 1 unspecified atom stereocenters. The number of hydrogen-bond acceptors (Lipinski definition) is 3. The summed E-state index contributed by atoms with van der Waals surface area (Å²) in [6.07, 6.45) is 2.73. The first-order valence-electron chi connectivity index (χ1n) is 7.44. The first-order valence-corrected chi connectivity index (χ1v) is 7.44. The van der Waals surface area contributed by atoms with E-state index in [1.54, 1.807) is 0 Å². The summed E-state index contributed by atoms with van der Waals surface area (Å²) in [6, 6.07) is 7.98. The van der Waals surface area contributed by atoms with Crippen LogP contribution in [0, 0.1) is 5.92 Å². The molecule has 1 aromatic carbocycles. The lowest BCUT2D eigenvalue weighted by Crippen LogP contribution is -2.50. The number of fused-ring (bicyclic) bond motifs is 1. The second kappa shape index (κ2) is 7.25. The first-order chi connectivity index (χ1) is 9.75. The van der Waals surface area contributed by atoms with Crippen LogP contribution in [0.25, 0.3) is 0 Å². The predicted molar refractivity (Wildman–Crippen MR) is 84.3 cm³/mol. The van der Waals surface area contributed by atoms with Gasteiger partial charge in [0.1, 0.15) is 0 Å². The van der Waals surface area contributed by atoms with E-state index < -0.39 is 0 Å². The topological polar surface area (TPSA) is 55.6 Å². The molecular formula is C16H23ClN2O2. The minimum absolute atomic E-state index is 0. The third kappa shape index (κ3) is 3.57. The van der Waals surface area contributed by atoms with Crippen molar-refractivity contribution in [2.24, 2.45) is 11.7 Å². The molecular weight excluding hydrogens is 288 g/mol. The molecule has 1 saturated heterocycles. The van der Waals surface area contributed by atoms with Gasteiger partial charge in [-0.3, -0.25) is 4.79 Å². The minimum Gasteiger partial charge on any atom is -0.381 e. The summed E-state index contributed by atoms with van der Waals surface area (Å²) in [6.45, 7) is 2.95. The lowest BCUT2D eigenvalue weighted by molar-refractivity contribution is -0.135. The average Bonchev–Trinajstić information content (AvgIpc) is 2.54. The number of nitrogens with two attached hydrogens (primary N) is 1. The molecule has 0 aromatic heterocycles. The number of halogens is 1. The zero-order valence-electron chi connectivity index (χ0n) is 12.2. The third-order valence-corrected chi connectivity index (χ3v) is 4.50. The molecule has 0 spiro atoms. The molecule has 3 rings (SSSR count). The van der Waals surface area contributed by atoms with Crippen LogP contribution in [0.15, 0.2) is 24.3 Å². The fourth-order valence-electron chi connectivity index (χ4n) is 3.17. The molecule has 2 aliphatic rings. The number of carbonyl (C=O) groups excluding carboxylic acids is 1. The Morgan fingerprint density at radius 1 is 1.24 bits per heavy atom. The van der Waals surface area contributed by atoms with E-state index in [4.69, 9.17) is 10.5 Å². The Bertz CT molecular complexity index is 489. The summed E-state index contributed by atoms with van der Waals surface area (Å²) in [5.41, 5.74) is 8.81. The number of nitrogens with zero attached hydrogens (tertiary/aromatic N) is 1. The van der Waals surface area contributed by atoms with E-state index in [0.29, 0.717) is 6.54 Å². The molecule has 0 radical (unpaired) electrons. The van der Waals surface area contributed by atoms with Gasteiger partial charge in [0.2, 0.25) is 5.91 Å². The average molecular weight is 311 g/mol. The molecule has 5 heteroatoms. The molecule has 0 aliphatic carbocycles. The van der Waals surface area contributed by atoms with Gasteiger partial charge in [-0.1, -0.05) is 24.3 Å². The summed E-state index contributed by atoms with van der Waals surface area (Å²) in [7, 11) is 0. The normalized spacial score (nSPS) is 20.3. The van der Waals surface area contributed by atoms with E-state index in [2.05, 4.69) is 18.2 Å². The van der Waals surface area contributed by atoms with Gasteiger partial charge in [-0.25, -0.2) is 0 Å². The number of hydrogen-bond donors (Lipinski definition) is 1. The molecule has 1 aromatic rings. The van der Waals surface area contributed by atoms with Gasteiger partial charge in [0.05, 0.1) is 6.04 Å². The summed E-state index contributed by atoms with van der Waals surface area (Å²) in [5.74, 6) is 0.375. The van der Waals surface area contributed by atoms with Crippen molar-refractivity contribution in [3.63, 3.8) is 0 Å². The van der Waals surface area contributed by atoms with Gasteiger partial charge in [0, 0.05) is 26.3 Å². The number of benzene rings is 1. The second-order valence-corrected chi connectivity index (χ2v) is 5.75. The van der Waals surface area contributed by atoms with Crippen LogP contribution in [0.2, 0.25) is 0 Å². The molecule has 2 aliphatic heterocycles. The summed E-state index contributed by atoms with van der Waals surface area (Å²) < 4.78 is 5.34. The van der Waals surface area contributed by atoms with Crippen LogP contribution < -0.4 is 5.73 Å². The Hall–Kier alpha value is -1.10. The van der Waals surface area contributed by atoms with Crippen molar-refractivity contribution in [1.82, 2.24) is 4.90 Å². The highest BCUT2D eigenvalue weighted by Crippen LogP contribution is 2.23. The van der Waals surface area contributed by atoms with Crippen LogP contribution >= 0.6 is 12.4 Å². The van der Waals surface area contributed by atoms with Crippen LogP contribution in [-0.4, -0.2) is 36.6 Å². The molecule has 4 nitrogen and oxygen atoms in total. The fraction of sp³-hybridized carbons (Fsp3) is 0.562. The number of ether oxygens (including phenoxy) is 1. The SMILES string of the molecule is Cl.NC(C(=O)N1CCc2ccccc2C1)C1CCOCC1. The van der Waals surface area contributed by atoms with Gasteiger partial charge in [-0.15, -0.1) is 12.4 Å². The van der Waals surface area contributed by atoms with Crippen molar-refractivity contribution in [3.05, 3.63) is 35.4 Å². The van der Waals surface area contributed by atoms with Crippen molar-refractivity contribution in [2.75, 3.05) is 19.8 Å². The Kier molecular flexibility index (Phi) is 5.62.